The molecular weight excluding hydrogens is 479 g/mol. The van der Waals surface area contributed by atoms with Gasteiger partial charge in [-0.05, 0) is 74.7 Å². The topological polar surface area (TPSA) is 64.7 Å². The molecule has 6 nitrogen and oxygen atoms in total. The number of nitrogens with zero attached hydrogens (tertiary/aromatic N) is 2. The maximum Gasteiger partial charge on any atom is 0.256 e. The first kappa shape index (κ1) is 25.9. The van der Waals surface area contributed by atoms with E-state index in [1.54, 1.807) is 23.1 Å². The fourth-order valence-electron chi connectivity index (χ4n) is 5.46. The van der Waals surface area contributed by atoms with Crippen LogP contribution in [0.5, 0.6) is 0 Å². The maximum absolute atomic E-state index is 13.4. The van der Waals surface area contributed by atoms with Gasteiger partial charge in [0.15, 0.2) is 0 Å². The van der Waals surface area contributed by atoms with Crippen LogP contribution < -0.4 is 10.6 Å². The SMILES string of the molecule is CC1CCCCN1CCCNC(=O)c1cccc(NC2c3ccccc3C(=O)N2Cc2ccc(F)cc2)c1. The Hall–Kier alpha value is -3.71. The summed E-state index contributed by atoms with van der Waals surface area (Å²) in [5.74, 6) is -0.499. The van der Waals surface area contributed by atoms with E-state index < -0.39 is 6.17 Å². The van der Waals surface area contributed by atoms with E-state index in [0.29, 0.717) is 30.3 Å². The fraction of sp³-hybridized carbons (Fsp3) is 0.355. The number of rotatable bonds is 9. The summed E-state index contributed by atoms with van der Waals surface area (Å²) in [6.45, 7) is 5.40. The Kier molecular flexibility index (Phi) is 8.03. The van der Waals surface area contributed by atoms with Gasteiger partial charge in [-0.2, -0.15) is 0 Å². The Morgan fingerprint density at radius 2 is 1.84 bits per heavy atom. The highest BCUT2D eigenvalue weighted by molar-refractivity contribution is 5.99. The van der Waals surface area contributed by atoms with Gasteiger partial charge in [-0.3, -0.25) is 9.59 Å². The average molecular weight is 515 g/mol. The first-order valence-corrected chi connectivity index (χ1v) is 13.5. The van der Waals surface area contributed by atoms with Crippen molar-refractivity contribution < 1.29 is 14.0 Å². The zero-order chi connectivity index (χ0) is 26.5. The summed E-state index contributed by atoms with van der Waals surface area (Å²) in [6, 6.07) is 21.7. The molecule has 1 fully saturated rings. The van der Waals surface area contributed by atoms with Crippen LogP contribution in [0.4, 0.5) is 10.1 Å². The number of carbonyl (C=O) groups is 2. The van der Waals surface area contributed by atoms with Crippen molar-refractivity contribution in [2.24, 2.45) is 0 Å². The highest BCUT2D eigenvalue weighted by Crippen LogP contribution is 2.35. The predicted molar refractivity (Wildman–Crippen MR) is 147 cm³/mol. The smallest absolute Gasteiger partial charge is 0.256 e. The van der Waals surface area contributed by atoms with Crippen LogP contribution in [0.2, 0.25) is 0 Å². The predicted octanol–water partition coefficient (Wildman–Crippen LogP) is 5.59. The largest absolute Gasteiger partial charge is 0.361 e. The van der Waals surface area contributed by atoms with Crippen LogP contribution in [-0.4, -0.2) is 47.3 Å². The molecule has 2 N–H and O–H groups in total. The van der Waals surface area contributed by atoms with E-state index in [1.165, 1.54) is 31.4 Å². The van der Waals surface area contributed by atoms with E-state index >= 15 is 0 Å². The number of hydrogen-bond acceptors (Lipinski definition) is 4. The number of anilines is 1. The van der Waals surface area contributed by atoms with Gasteiger partial charge in [0.25, 0.3) is 11.8 Å². The first-order valence-electron chi connectivity index (χ1n) is 13.5. The minimum atomic E-state index is -0.409. The second-order valence-electron chi connectivity index (χ2n) is 10.3. The molecule has 2 aliphatic heterocycles. The summed E-state index contributed by atoms with van der Waals surface area (Å²) in [5, 5.41) is 6.52. The highest BCUT2D eigenvalue weighted by atomic mass is 19.1. The van der Waals surface area contributed by atoms with Gasteiger partial charge >= 0.3 is 0 Å². The Labute approximate surface area is 223 Å². The second kappa shape index (κ2) is 11.8. The second-order valence-corrected chi connectivity index (χ2v) is 10.3. The molecule has 2 aliphatic rings. The summed E-state index contributed by atoms with van der Waals surface area (Å²) < 4.78 is 13.4. The molecule has 3 aromatic carbocycles. The van der Waals surface area contributed by atoms with Crippen molar-refractivity contribution in [3.63, 3.8) is 0 Å². The number of benzene rings is 3. The van der Waals surface area contributed by atoms with Crippen LogP contribution in [0.15, 0.2) is 72.8 Å². The van der Waals surface area contributed by atoms with E-state index in [2.05, 4.69) is 22.5 Å². The van der Waals surface area contributed by atoms with Gasteiger partial charge in [-0.15, -0.1) is 0 Å². The molecule has 198 valence electrons. The van der Waals surface area contributed by atoms with Crippen molar-refractivity contribution in [2.75, 3.05) is 25.0 Å². The summed E-state index contributed by atoms with van der Waals surface area (Å²) in [7, 11) is 0. The average Bonchev–Trinajstić information content (AvgIpc) is 3.19. The molecule has 2 atom stereocenters. The lowest BCUT2D eigenvalue weighted by Crippen LogP contribution is -2.39. The normalized spacial score (nSPS) is 19.3. The Morgan fingerprint density at radius 3 is 2.66 bits per heavy atom. The number of amides is 2. The molecule has 5 rings (SSSR count). The summed E-state index contributed by atoms with van der Waals surface area (Å²) in [5.41, 5.74) is 3.68. The van der Waals surface area contributed by atoms with Gasteiger partial charge in [-0.1, -0.05) is 42.8 Å². The van der Waals surface area contributed by atoms with E-state index in [4.69, 9.17) is 0 Å². The van der Waals surface area contributed by atoms with Crippen molar-refractivity contribution in [3.8, 4) is 0 Å². The number of hydrogen-bond donors (Lipinski definition) is 2. The zero-order valence-corrected chi connectivity index (χ0v) is 21.8. The zero-order valence-electron chi connectivity index (χ0n) is 21.8. The first-order chi connectivity index (χ1) is 18.5. The van der Waals surface area contributed by atoms with E-state index in [-0.39, 0.29) is 17.6 Å². The number of halogens is 1. The monoisotopic (exact) mass is 514 g/mol. The lowest BCUT2D eigenvalue weighted by atomic mass is 10.0. The lowest BCUT2D eigenvalue weighted by molar-refractivity contribution is 0.0728. The summed E-state index contributed by atoms with van der Waals surface area (Å²) >= 11 is 0. The summed E-state index contributed by atoms with van der Waals surface area (Å²) in [6.07, 6.45) is 4.34. The Morgan fingerprint density at radius 1 is 1.03 bits per heavy atom. The molecule has 2 heterocycles. The molecular formula is C31H35FN4O2. The number of piperidine rings is 1. The number of fused-ring (bicyclic) bond motifs is 1. The molecule has 1 saturated heterocycles. The highest BCUT2D eigenvalue weighted by Gasteiger charge is 2.36. The van der Waals surface area contributed by atoms with E-state index in [1.807, 2.05) is 42.5 Å². The number of carbonyl (C=O) groups excluding carboxylic acids is 2. The Bertz CT molecular complexity index is 1280. The molecule has 3 aromatic rings. The van der Waals surface area contributed by atoms with Crippen LogP contribution in [0.1, 0.15) is 70.6 Å². The third kappa shape index (κ3) is 5.89. The molecule has 7 heteroatoms. The minimum absolute atomic E-state index is 0.0839. The molecule has 0 aromatic heterocycles. The maximum atomic E-state index is 13.4. The van der Waals surface area contributed by atoms with Crippen LogP contribution >= 0.6 is 0 Å². The van der Waals surface area contributed by atoms with Gasteiger partial charge in [0.2, 0.25) is 0 Å². The van der Waals surface area contributed by atoms with Crippen molar-refractivity contribution in [3.05, 3.63) is 101 Å². The molecule has 0 bridgehead atoms. The molecule has 0 aliphatic carbocycles. The van der Waals surface area contributed by atoms with Crippen LogP contribution in [0.3, 0.4) is 0 Å². The standard InChI is InChI=1S/C31H35FN4O2/c1-22-8-4-5-18-35(22)19-7-17-33-30(37)24-9-6-10-26(20-24)34-29-27-11-2-3-12-28(27)31(38)36(29)21-23-13-15-25(32)16-14-23/h2-3,6,9-16,20,22,29,34H,4-5,7-8,17-19,21H2,1H3,(H,33,37). The third-order valence-electron chi connectivity index (χ3n) is 7.60. The van der Waals surface area contributed by atoms with E-state index in [9.17, 15) is 14.0 Å². The molecule has 2 amide bonds. The van der Waals surface area contributed by atoms with Crippen molar-refractivity contribution in [2.45, 2.75) is 51.4 Å². The lowest BCUT2D eigenvalue weighted by Gasteiger charge is -2.33. The van der Waals surface area contributed by atoms with E-state index in [0.717, 1.165) is 36.3 Å². The van der Waals surface area contributed by atoms with Gasteiger partial charge < -0.3 is 20.4 Å². The molecule has 0 spiro atoms. The minimum Gasteiger partial charge on any atom is -0.361 e. The summed E-state index contributed by atoms with van der Waals surface area (Å²) in [4.78, 5) is 30.4. The van der Waals surface area contributed by atoms with Gasteiger partial charge in [0.1, 0.15) is 12.0 Å². The molecule has 0 saturated carbocycles. The number of nitrogens with one attached hydrogen (secondary N) is 2. The van der Waals surface area contributed by atoms with Gasteiger partial charge in [0.05, 0.1) is 0 Å². The van der Waals surface area contributed by atoms with Crippen LogP contribution in [0.25, 0.3) is 0 Å². The fourth-order valence-corrected chi connectivity index (χ4v) is 5.46. The number of likely N-dealkylation sites (tertiary alicyclic amines) is 1. The molecule has 0 radical (unpaired) electrons. The quantitative estimate of drug-likeness (QED) is 0.366. The van der Waals surface area contributed by atoms with Gasteiger partial charge in [-0.25, -0.2) is 4.39 Å². The van der Waals surface area contributed by atoms with Crippen LogP contribution in [-0.2, 0) is 6.54 Å². The van der Waals surface area contributed by atoms with Crippen LogP contribution in [0, 0.1) is 5.82 Å². The third-order valence-corrected chi connectivity index (χ3v) is 7.60. The molecule has 38 heavy (non-hydrogen) atoms. The van der Waals surface area contributed by atoms with Gasteiger partial charge in [0, 0.05) is 48.1 Å². The van der Waals surface area contributed by atoms with Crippen molar-refractivity contribution in [1.82, 2.24) is 15.1 Å². The van der Waals surface area contributed by atoms with Crippen molar-refractivity contribution in [1.29, 1.82) is 0 Å². The molecule has 2 unspecified atom stereocenters. The van der Waals surface area contributed by atoms with Crippen molar-refractivity contribution >= 4 is 17.5 Å². The Balaban J connectivity index is 1.25.